The second-order valence-electron chi connectivity index (χ2n) is 7.10. The van der Waals surface area contributed by atoms with Crippen molar-refractivity contribution in [2.75, 3.05) is 33.3 Å². The number of amides is 1. The van der Waals surface area contributed by atoms with Crippen LogP contribution in [0.4, 0.5) is 4.39 Å². The molecule has 2 aliphatic rings. The average molecular weight is 422 g/mol. The van der Waals surface area contributed by atoms with E-state index in [1.54, 1.807) is 7.11 Å². The third-order valence-corrected chi connectivity index (χ3v) is 5.46. The van der Waals surface area contributed by atoms with Gasteiger partial charge in [-0.1, -0.05) is 12.1 Å². The molecule has 0 atom stereocenters. The van der Waals surface area contributed by atoms with Crippen molar-refractivity contribution in [3.63, 3.8) is 0 Å². The van der Waals surface area contributed by atoms with Crippen LogP contribution in [0.2, 0.25) is 0 Å². The molecule has 0 bridgehead atoms. The van der Waals surface area contributed by atoms with Crippen LogP contribution in [0.1, 0.15) is 31.2 Å². The number of rotatable bonds is 5. The highest BCUT2D eigenvalue weighted by Crippen LogP contribution is 2.24. The molecule has 1 amide bonds. The van der Waals surface area contributed by atoms with Crippen LogP contribution in [0.25, 0.3) is 0 Å². The van der Waals surface area contributed by atoms with Crippen LogP contribution >= 0.6 is 24.8 Å². The smallest absolute Gasteiger partial charge is 0.252 e. The second kappa shape index (κ2) is 11.2. The van der Waals surface area contributed by atoms with Gasteiger partial charge in [0.15, 0.2) is 0 Å². The zero-order valence-corrected chi connectivity index (χ0v) is 17.3. The van der Waals surface area contributed by atoms with Crippen molar-refractivity contribution >= 4 is 30.7 Å². The zero-order chi connectivity index (χ0) is 17.7. The van der Waals surface area contributed by atoms with Gasteiger partial charge in [0.05, 0.1) is 0 Å². The summed E-state index contributed by atoms with van der Waals surface area (Å²) in [5.41, 5.74) is 0.452. The van der Waals surface area contributed by atoms with Crippen molar-refractivity contribution in [3.8, 4) is 0 Å². The lowest BCUT2D eigenvalue weighted by Gasteiger charge is -2.38. The maximum absolute atomic E-state index is 13.0. The van der Waals surface area contributed by atoms with Gasteiger partial charge in [-0.2, -0.15) is 0 Å². The first-order valence-electron chi connectivity index (χ1n) is 9.15. The third-order valence-electron chi connectivity index (χ3n) is 5.46. The third kappa shape index (κ3) is 6.29. The van der Waals surface area contributed by atoms with Crippen molar-refractivity contribution in [1.29, 1.82) is 0 Å². The summed E-state index contributed by atoms with van der Waals surface area (Å²) in [4.78, 5) is 15.1. The Bertz CT molecular complexity index is 575. The Hall–Kier alpha value is -0.920. The highest BCUT2D eigenvalue weighted by Gasteiger charge is 2.40. The first-order chi connectivity index (χ1) is 12.1. The van der Waals surface area contributed by atoms with Gasteiger partial charge in [-0.25, -0.2) is 4.39 Å². The topological polar surface area (TPSA) is 53.6 Å². The van der Waals surface area contributed by atoms with Crippen LogP contribution < -0.4 is 10.6 Å². The van der Waals surface area contributed by atoms with Gasteiger partial charge in [0, 0.05) is 32.8 Å². The minimum atomic E-state index is -0.670. The number of methoxy groups -OCH3 is 1. The number of ether oxygens (including phenoxy) is 1. The molecule has 2 fully saturated rings. The molecule has 3 rings (SSSR count). The normalized spacial score (nSPS) is 20.2. The second-order valence-corrected chi connectivity index (χ2v) is 7.10. The first kappa shape index (κ1) is 24.1. The molecular formula is C19H30Cl2FN3O2. The van der Waals surface area contributed by atoms with Gasteiger partial charge in [-0.15, -0.1) is 24.8 Å². The van der Waals surface area contributed by atoms with E-state index in [1.807, 2.05) is 12.1 Å². The number of piperidine rings is 2. The van der Waals surface area contributed by atoms with E-state index in [0.29, 0.717) is 0 Å². The van der Waals surface area contributed by atoms with E-state index in [9.17, 15) is 9.18 Å². The number of hydrogen-bond acceptors (Lipinski definition) is 4. The van der Waals surface area contributed by atoms with Crippen LogP contribution in [0, 0.1) is 5.82 Å². The summed E-state index contributed by atoms with van der Waals surface area (Å²) in [5.74, 6) is -0.163. The van der Waals surface area contributed by atoms with Gasteiger partial charge < -0.3 is 15.4 Å². The number of carbonyl (C=O) groups excluding carboxylic acids is 1. The summed E-state index contributed by atoms with van der Waals surface area (Å²) >= 11 is 0. The number of likely N-dealkylation sites (tertiary alicyclic amines) is 1. The van der Waals surface area contributed by atoms with E-state index in [0.717, 1.165) is 64.0 Å². The quantitative estimate of drug-likeness (QED) is 0.766. The van der Waals surface area contributed by atoms with Crippen molar-refractivity contribution in [2.24, 2.45) is 0 Å². The molecule has 27 heavy (non-hydrogen) atoms. The Labute approximate surface area is 173 Å². The number of nitrogens with one attached hydrogen (secondary N) is 2. The standard InChI is InChI=1S/C19H28FN3O2.2ClH/c1-25-19(8-10-21-11-9-19)18(24)22-17-6-12-23(13-7-17)14-15-2-4-16(20)5-3-15;;/h2-5,17,21H,6-14H2,1H3,(H,22,24);2*1H. The lowest BCUT2D eigenvalue weighted by Crippen LogP contribution is -2.57. The Morgan fingerprint density at radius 3 is 2.37 bits per heavy atom. The van der Waals surface area contributed by atoms with E-state index >= 15 is 0 Å². The summed E-state index contributed by atoms with van der Waals surface area (Å²) in [6.07, 6.45) is 3.31. The van der Waals surface area contributed by atoms with Gasteiger partial charge in [0.25, 0.3) is 5.91 Å². The fraction of sp³-hybridized carbons (Fsp3) is 0.632. The van der Waals surface area contributed by atoms with E-state index in [-0.39, 0.29) is 42.6 Å². The fourth-order valence-corrected chi connectivity index (χ4v) is 3.75. The molecule has 1 aromatic carbocycles. The molecule has 2 saturated heterocycles. The van der Waals surface area contributed by atoms with Gasteiger partial charge in [0.2, 0.25) is 0 Å². The van der Waals surface area contributed by atoms with Crippen molar-refractivity contribution in [3.05, 3.63) is 35.6 Å². The monoisotopic (exact) mass is 421 g/mol. The van der Waals surface area contributed by atoms with Crippen LogP contribution in [-0.2, 0) is 16.1 Å². The maximum atomic E-state index is 13.0. The molecule has 1 aromatic rings. The summed E-state index contributed by atoms with van der Waals surface area (Å²) in [5, 5.41) is 6.48. The van der Waals surface area contributed by atoms with Gasteiger partial charge in [-0.3, -0.25) is 9.69 Å². The highest BCUT2D eigenvalue weighted by molar-refractivity contribution is 5.86. The molecular weight excluding hydrogens is 392 g/mol. The highest BCUT2D eigenvalue weighted by atomic mass is 35.5. The van der Waals surface area contributed by atoms with Crippen LogP contribution in [0.5, 0.6) is 0 Å². The molecule has 0 radical (unpaired) electrons. The Kier molecular flexibility index (Phi) is 9.98. The summed E-state index contributed by atoms with van der Waals surface area (Å²) in [6.45, 7) is 4.33. The minimum Gasteiger partial charge on any atom is -0.368 e. The Morgan fingerprint density at radius 1 is 1.22 bits per heavy atom. The summed E-state index contributed by atoms with van der Waals surface area (Å²) in [6, 6.07) is 6.89. The molecule has 0 saturated carbocycles. The minimum absolute atomic E-state index is 0. The molecule has 5 nitrogen and oxygen atoms in total. The van der Waals surface area contributed by atoms with E-state index in [4.69, 9.17) is 4.74 Å². The number of hydrogen-bond donors (Lipinski definition) is 2. The molecule has 0 aliphatic carbocycles. The number of carbonyl (C=O) groups is 1. The SMILES string of the molecule is COC1(C(=O)NC2CCN(Cc3ccc(F)cc3)CC2)CCNCC1.Cl.Cl. The molecule has 0 spiro atoms. The van der Waals surface area contributed by atoms with E-state index in [1.165, 1.54) is 12.1 Å². The van der Waals surface area contributed by atoms with Crippen LogP contribution in [0.15, 0.2) is 24.3 Å². The maximum Gasteiger partial charge on any atom is 0.252 e. The van der Waals surface area contributed by atoms with Gasteiger partial charge in [-0.05, 0) is 56.5 Å². The predicted octanol–water partition coefficient (Wildman–Crippen LogP) is 2.52. The fourth-order valence-electron chi connectivity index (χ4n) is 3.75. The van der Waals surface area contributed by atoms with Crippen molar-refractivity contribution in [2.45, 2.75) is 43.9 Å². The van der Waals surface area contributed by atoms with E-state index < -0.39 is 5.60 Å². The van der Waals surface area contributed by atoms with Crippen LogP contribution in [0.3, 0.4) is 0 Å². The predicted molar refractivity (Wildman–Crippen MR) is 109 cm³/mol. The first-order valence-corrected chi connectivity index (χ1v) is 9.15. The molecule has 2 aliphatic heterocycles. The number of benzene rings is 1. The van der Waals surface area contributed by atoms with Gasteiger partial charge in [0.1, 0.15) is 11.4 Å². The van der Waals surface area contributed by atoms with Gasteiger partial charge >= 0.3 is 0 Å². The zero-order valence-electron chi connectivity index (χ0n) is 15.7. The molecule has 8 heteroatoms. The van der Waals surface area contributed by atoms with Crippen LogP contribution in [-0.4, -0.2) is 55.7 Å². The number of nitrogens with zero attached hydrogens (tertiary/aromatic N) is 1. The molecule has 0 unspecified atom stereocenters. The van der Waals surface area contributed by atoms with Crippen molar-refractivity contribution < 1.29 is 13.9 Å². The summed E-state index contributed by atoms with van der Waals surface area (Å²) < 4.78 is 18.6. The Balaban J connectivity index is 0.00000182. The molecule has 2 heterocycles. The number of halogens is 3. The van der Waals surface area contributed by atoms with E-state index in [2.05, 4.69) is 15.5 Å². The lowest BCUT2D eigenvalue weighted by molar-refractivity contribution is -0.147. The Morgan fingerprint density at radius 2 is 1.81 bits per heavy atom. The largest absolute Gasteiger partial charge is 0.368 e. The lowest BCUT2D eigenvalue weighted by atomic mass is 9.90. The summed E-state index contributed by atoms with van der Waals surface area (Å²) in [7, 11) is 1.64. The molecule has 154 valence electrons. The molecule has 2 N–H and O–H groups in total. The van der Waals surface area contributed by atoms with Crippen molar-refractivity contribution in [1.82, 2.24) is 15.5 Å². The molecule has 0 aromatic heterocycles. The average Bonchev–Trinajstić information content (AvgIpc) is 2.65.